The molecule has 1 fully saturated rings. The van der Waals surface area contributed by atoms with Crippen molar-refractivity contribution in [3.63, 3.8) is 0 Å². The fraction of sp³-hybridized carbons (Fsp3) is 0.417. The molecule has 124 valence electrons. The van der Waals surface area contributed by atoms with Crippen molar-refractivity contribution in [2.45, 2.75) is 25.0 Å². The Morgan fingerprint density at radius 1 is 1.45 bits per heavy atom. The molecule has 0 spiro atoms. The molecular weight excluding hydrogens is 351 g/mol. The molecule has 2 rings (SSSR count). The number of alkyl halides is 4. The van der Waals surface area contributed by atoms with Crippen LogP contribution < -0.4 is 15.4 Å². The van der Waals surface area contributed by atoms with Gasteiger partial charge in [-0.05, 0) is 18.2 Å². The van der Waals surface area contributed by atoms with Crippen molar-refractivity contribution in [2.24, 2.45) is 0 Å². The molecule has 0 bridgehead atoms. The van der Waals surface area contributed by atoms with Crippen LogP contribution in [0.5, 0.6) is 5.75 Å². The highest BCUT2D eigenvalue weighted by atomic mass is 35.5. The summed E-state index contributed by atoms with van der Waals surface area (Å²) >= 11 is 5.72. The van der Waals surface area contributed by atoms with Crippen LogP contribution >= 0.6 is 24.0 Å². The lowest BCUT2D eigenvalue weighted by atomic mass is 10.2. The summed E-state index contributed by atoms with van der Waals surface area (Å²) in [4.78, 5) is 11.8. The van der Waals surface area contributed by atoms with Crippen LogP contribution in [0.15, 0.2) is 18.2 Å². The zero-order valence-electron chi connectivity index (χ0n) is 10.9. The first-order valence-electron chi connectivity index (χ1n) is 5.93. The molecule has 4 nitrogen and oxygen atoms in total. The molecule has 0 aliphatic carbocycles. The standard InChI is InChI=1S/C12H11ClF4N2O2.ClH/c13-7-3-6(1-2-9(7)21-11(14)15)19-10(20)8-4-12(16,17)5-18-8;/h1-3,8,11,18H,4-5H2,(H,19,20);1H. The highest BCUT2D eigenvalue weighted by Gasteiger charge is 2.42. The molecule has 1 aliphatic heterocycles. The Morgan fingerprint density at radius 2 is 2.14 bits per heavy atom. The molecular formula is C12H12Cl2F4N2O2. The van der Waals surface area contributed by atoms with Crippen molar-refractivity contribution in [1.82, 2.24) is 5.32 Å². The maximum Gasteiger partial charge on any atom is 0.387 e. The number of benzene rings is 1. The van der Waals surface area contributed by atoms with E-state index in [1.54, 1.807) is 0 Å². The van der Waals surface area contributed by atoms with Gasteiger partial charge < -0.3 is 10.1 Å². The Morgan fingerprint density at radius 3 is 2.64 bits per heavy atom. The number of ether oxygens (including phenoxy) is 1. The molecule has 1 aromatic carbocycles. The van der Waals surface area contributed by atoms with E-state index in [0.717, 1.165) is 6.07 Å². The zero-order chi connectivity index (χ0) is 15.6. The van der Waals surface area contributed by atoms with Crippen LogP contribution in [0.25, 0.3) is 0 Å². The molecule has 2 N–H and O–H groups in total. The Bertz CT molecular complexity index is 546. The molecule has 1 atom stereocenters. The summed E-state index contributed by atoms with van der Waals surface area (Å²) in [5, 5.41) is 4.65. The van der Waals surface area contributed by atoms with E-state index < -0.39 is 37.4 Å². The molecule has 1 saturated heterocycles. The molecule has 1 heterocycles. The minimum atomic E-state index is -3.02. The topological polar surface area (TPSA) is 50.4 Å². The Hall–Kier alpha value is -1.25. The summed E-state index contributed by atoms with van der Waals surface area (Å²) in [6.07, 6.45) is -0.598. The fourth-order valence-electron chi connectivity index (χ4n) is 1.90. The lowest BCUT2D eigenvalue weighted by molar-refractivity contribution is -0.118. The van der Waals surface area contributed by atoms with Gasteiger partial charge in [-0.3, -0.25) is 10.1 Å². The van der Waals surface area contributed by atoms with Gasteiger partial charge in [0.25, 0.3) is 5.92 Å². The summed E-state index contributed by atoms with van der Waals surface area (Å²) < 4.78 is 54.2. The Balaban J connectivity index is 0.00000242. The SMILES string of the molecule is Cl.O=C(Nc1ccc(OC(F)F)c(Cl)c1)C1CC(F)(F)CN1. The van der Waals surface area contributed by atoms with Crippen molar-refractivity contribution >= 4 is 35.6 Å². The number of hydrogen-bond acceptors (Lipinski definition) is 3. The predicted molar refractivity (Wildman–Crippen MR) is 75.3 cm³/mol. The van der Waals surface area contributed by atoms with Gasteiger partial charge in [0.05, 0.1) is 17.6 Å². The van der Waals surface area contributed by atoms with Crippen molar-refractivity contribution in [3.8, 4) is 5.75 Å². The van der Waals surface area contributed by atoms with Gasteiger partial charge in [-0.1, -0.05) is 11.6 Å². The average molecular weight is 363 g/mol. The Labute approximate surface area is 134 Å². The number of nitrogens with one attached hydrogen (secondary N) is 2. The second kappa shape index (κ2) is 7.34. The van der Waals surface area contributed by atoms with E-state index in [9.17, 15) is 22.4 Å². The van der Waals surface area contributed by atoms with E-state index in [1.807, 2.05) is 0 Å². The normalized spacial score (nSPS) is 19.6. The lowest BCUT2D eigenvalue weighted by Gasteiger charge is -2.12. The highest BCUT2D eigenvalue weighted by molar-refractivity contribution is 6.32. The average Bonchev–Trinajstić information content (AvgIpc) is 2.73. The molecule has 10 heteroatoms. The Kier molecular flexibility index (Phi) is 6.27. The molecule has 0 aromatic heterocycles. The molecule has 22 heavy (non-hydrogen) atoms. The molecule has 0 radical (unpaired) electrons. The van der Waals surface area contributed by atoms with Crippen LogP contribution in [-0.2, 0) is 4.79 Å². The molecule has 1 unspecified atom stereocenters. The van der Waals surface area contributed by atoms with Gasteiger partial charge in [0, 0.05) is 12.1 Å². The summed E-state index contributed by atoms with van der Waals surface area (Å²) in [5.41, 5.74) is 0.198. The summed E-state index contributed by atoms with van der Waals surface area (Å²) in [7, 11) is 0. The van der Waals surface area contributed by atoms with Crippen LogP contribution in [0.2, 0.25) is 5.02 Å². The number of rotatable bonds is 4. The third-order valence-electron chi connectivity index (χ3n) is 2.84. The van der Waals surface area contributed by atoms with E-state index >= 15 is 0 Å². The summed E-state index contributed by atoms with van der Waals surface area (Å²) in [5.74, 6) is -3.81. The number of hydrogen-bond donors (Lipinski definition) is 2. The first-order chi connectivity index (χ1) is 9.77. The number of carbonyl (C=O) groups excluding carboxylic acids is 1. The molecule has 0 saturated carbocycles. The van der Waals surface area contributed by atoms with Gasteiger partial charge in [-0.2, -0.15) is 8.78 Å². The second-order valence-corrected chi connectivity index (χ2v) is 4.91. The molecule has 1 aliphatic rings. The van der Waals surface area contributed by atoms with Crippen LogP contribution in [0.4, 0.5) is 23.2 Å². The molecule has 1 amide bonds. The zero-order valence-corrected chi connectivity index (χ0v) is 12.5. The van der Waals surface area contributed by atoms with Crippen molar-refractivity contribution in [1.29, 1.82) is 0 Å². The second-order valence-electron chi connectivity index (χ2n) is 4.51. The smallest absolute Gasteiger partial charge is 0.387 e. The quantitative estimate of drug-likeness (QED) is 0.808. The van der Waals surface area contributed by atoms with Crippen molar-refractivity contribution < 1.29 is 27.1 Å². The fourth-order valence-corrected chi connectivity index (χ4v) is 2.13. The number of halogens is 6. The first-order valence-corrected chi connectivity index (χ1v) is 6.31. The largest absolute Gasteiger partial charge is 0.433 e. The molecule has 1 aromatic rings. The van der Waals surface area contributed by atoms with E-state index in [2.05, 4.69) is 15.4 Å². The van der Waals surface area contributed by atoms with Crippen molar-refractivity contribution in [2.75, 3.05) is 11.9 Å². The van der Waals surface area contributed by atoms with Crippen LogP contribution in [0.3, 0.4) is 0 Å². The van der Waals surface area contributed by atoms with Gasteiger partial charge in [-0.15, -0.1) is 12.4 Å². The summed E-state index contributed by atoms with van der Waals surface area (Å²) in [6, 6.07) is 2.62. The van der Waals surface area contributed by atoms with Crippen molar-refractivity contribution in [3.05, 3.63) is 23.2 Å². The first kappa shape index (κ1) is 18.8. The van der Waals surface area contributed by atoms with E-state index in [-0.39, 0.29) is 28.9 Å². The van der Waals surface area contributed by atoms with Crippen LogP contribution in [0.1, 0.15) is 6.42 Å². The van der Waals surface area contributed by atoms with Gasteiger partial charge in [-0.25, -0.2) is 8.78 Å². The maximum absolute atomic E-state index is 13.0. The number of anilines is 1. The highest BCUT2D eigenvalue weighted by Crippen LogP contribution is 2.30. The van der Waals surface area contributed by atoms with Crippen LogP contribution in [0, 0.1) is 0 Å². The van der Waals surface area contributed by atoms with E-state index in [4.69, 9.17) is 11.6 Å². The summed E-state index contributed by atoms with van der Waals surface area (Å²) in [6.45, 7) is -3.58. The minimum absolute atomic E-state index is 0. The monoisotopic (exact) mass is 362 g/mol. The van der Waals surface area contributed by atoms with Gasteiger partial charge in [0.1, 0.15) is 5.75 Å². The van der Waals surface area contributed by atoms with E-state index in [0.29, 0.717) is 0 Å². The predicted octanol–water partition coefficient (Wildman–Crippen LogP) is 3.30. The number of amides is 1. The van der Waals surface area contributed by atoms with Gasteiger partial charge in [0.2, 0.25) is 5.91 Å². The third-order valence-corrected chi connectivity index (χ3v) is 3.14. The maximum atomic E-state index is 13.0. The minimum Gasteiger partial charge on any atom is -0.433 e. The van der Waals surface area contributed by atoms with Crippen LogP contribution in [-0.4, -0.2) is 31.0 Å². The number of carbonyl (C=O) groups is 1. The lowest BCUT2D eigenvalue weighted by Crippen LogP contribution is -2.35. The third kappa shape index (κ3) is 4.89. The van der Waals surface area contributed by atoms with Gasteiger partial charge in [0.15, 0.2) is 0 Å². The van der Waals surface area contributed by atoms with Gasteiger partial charge >= 0.3 is 6.61 Å². The van der Waals surface area contributed by atoms with E-state index in [1.165, 1.54) is 12.1 Å².